The van der Waals surface area contributed by atoms with Crippen LogP contribution in [0.15, 0.2) is 0 Å². The van der Waals surface area contributed by atoms with Gasteiger partial charge in [0, 0.05) is 0 Å². The van der Waals surface area contributed by atoms with Crippen molar-refractivity contribution in [1.29, 1.82) is 0 Å². The van der Waals surface area contributed by atoms with Gasteiger partial charge in [0.15, 0.2) is 0 Å². The van der Waals surface area contributed by atoms with Crippen LogP contribution in [0.2, 0.25) is 0 Å². The van der Waals surface area contributed by atoms with Crippen LogP contribution in [-0.4, -0.2) is 31.5 Å². The van der Waals surface area contributed by atoms with Gasteiger partial charge in [0.1, 0.15) is 6.04 Å². The van der Waals surface area contributed by atoms with Crippen molar-refractivity contribution >= 4 is 5.97 Å². The van der Waals surface area contributed by atoms with Crippen molar-refractivity contribution in [1.82, 2.24) is 5.32 Å². The van der Waals surface area contributed by atoms with Crippen molar-refractivity contribution in [2.75, 3.05) is 13.3 Å². The second kappa shape index (κ2) is 3.69. The van der Waals surface area contributed by atoms with E-state index in [1.54, 1.807) is 0 Å². The summed E-state index contributed by atoms with van der Waals surface area (Å²) in [6.07, 6.45) is -0.0510. The zero-order chi connectivity index (χ0) is 8.27. The number of carbonyl (C=O) groups excluding carboxylic acids is 1. The van der Waals surface area contributed by atoms with E-state index >= 15 is 0 Å². The van der Waals surface area contributed by atoms with Gasteiger partial charge in [-0.25, -0.2) is 0 Å². The monoisotopic (exact) mass is 159 g/mol. The molecule has 11 heavy (non-hydrogen) atoms. The first kappa shape index (κ1) is 8.49. The third kappa shape index (κ3) is 2.48. The van der Waals surface area contributed by atoms with E-state index in [0.717, 1.165) is 0 Å². The molecule has 1 atom stereocenters. The van der Waals surface area contributed by atoms with E-state index in [9.17, 15) is 4.79 Å². The summed E-state index contributed by atoms with van der Waals surface area (Å²) in [6, 6.07) is -0.266. The van der Waals surface area contributed by atoms with Crippen molar-refractivity contribution in [3.8, 4) is 0 Å². The standard InChI is InChI=1S/C7H13NO3/c1-5(2)11-7(9)6-3-10-4-8-6/h5-6,8H,3-4H2,1-2H3/t6-/m0/s1. The summed E-state index contributed by atoms with van der Waals surface area (Å²) in [4.78, 5) is 11.1. The number of ether oxygens (including phenoxy) is 2. The minimum absolute atomic E-state index is 0.0510. The SMILES string of the molecule is CC(C)OC(=O)[C@@H]1COCN1. The Morgan fingerprint density at radius 3 is 2.91 bits per heavy atom. The Labute approximate surface area is 65.9 Å². The quantitative estimate of drug-likeness (QED) is 0.571. The molecule has 0 aromatic rings. The molecule has 0 aromatic carbocycles. The highest BCUT2D eigenvalue weighted by Gasteiger charge is 2.24. The summed E-state index contributed by atoms with van der Waals surface area (Å²) in [5.74, 6) is -0.225. The molecule has 1 N–H and O–H groups in total. The van der Waals surface area contributed by atoms with Gasteiger partial charge in [-0.15, -0.1) is 0 Å². The summed E-state index contributed by atoms with van der Waals surface area (Å²) in [5, 5.41) is 2.86. The zero-order valence-electron chi connectivity index (χ0n) is 6.79. The van der Waals surface area contributed by atoms with Crippen LogP contribution in [0.3, 0.4) is 0 Å². The fourth-order valence-corrected chi connectivity index (χ4v) is 0.861. The molecule has 0 unspecified atom stereocenters. The van der Waals surface area contributed by atoms with Gasteiger partial charge in [-0.3, -0.25) is 10.1 Å². The van der Waals surface area contributed by atoms with Crippen LogP contribution in [-0.2, 0) is 14.3 Å². The smallest absolute Gasteiger partial charge is 0.325 e. The molecule has 64 valence electrons. The molecule has 4 heteroatoms. The third-order valence-electron chi connectivity index (χ3n) is 1.35. The molecule has 1 aliphatic heterocycles. The lowest BCUT2D eigenvalue weighted by Crippen LogP contribution is -2.35. The van der Waals surface area contributed by atoms with Crippen LogP contribution < -0.4 is 5.32 Å². The molecule has 0 saturated carbocycles. The molecule has 1 rings (SSSR count). The highest BCUT2D eigenvalue weighted by atomic mass is 16.6. The molecule has 0 spiro atoms. The van der Waals surface area contributed by atoms with E-state index in [4.69, 9.17) is 9.47 Å². The van der Waals surface area contributed by atoms with E-state index in [1.807, 2.05) is 13.8 Å². The van der Waals surface area contributed by atoms with E-state index in [-0.39, 0.29) is 18.1 Å². The average molecular weight is 159 g/mol. The lowest BCUT2D eigenvalue weighted by Gasteiger charge is -2.11. The van der Waals surface area contributed by atoms with Crippen LogP contribution in [0, 0.1) is 0 Å². The summed E-state index contributed by atoms with van der Waals surface area (Å²) < 4.78 is 9.90. The second-order valence-corrected chi connectivity index (χ2v) is 2.76. The third-order valence-corrected chi connectivity index (χ3v) is 1.35. The maximum absolute atomic E-state index is 11.1. The molecule has 0 amide bonds. The van der Waals surface area contributed by atoms with E-state index in [1.165, 1.54) is 0 Å². The molecule has 0 radical (unpaired) electrons. The minimum Gasteiger partial charge on any atom is -0.462 e. The summed E-state index contributed by atoms with van der Waals surface area (Å²) in [6.45, 7) is 4.52. The first-order valence-electron chi connectivity index (χ1n) is 3.72. The van der Waals surface area contributed by atoms with Crippen LogP contribution >= 0.6 is 0 Å². The Kier molecular flexibility index (Phi) is 2.84. The van der Waals surface area contributed by atoms with Gasteiger partial charge in [0.2, 0.25) is 0 Å². The second-order valence-electron chi connectivity index (χ2n) is 2.76. The highest BCUT2D eigenvalue weighted by molar-refractivity contribution is 5.76. The fraction of sp³-hybridized carbons (Fsp3) is 0.857. The molecular weight excluding hydrogens is 146 g/mol. The predicted molar refractivity (Wildman–Crippen MR) is 39.0 cm³/mol. The average Bonchev–Trinajstić information content (AvgIpc) is 2.35. The Bertz CT molecular complexity index is 141. The largest absolute Gasteiger partial charge is 0.462 e. The van der Waals surface area contributed by atoms with Gasteiger partial charge in [0.05, 0.1) is 19.4 Å². The normalized spacial score (nSPS) is 24.1. The van der Waals surface area contributed by atoms with E-state index in [2.05, 4.69) is 5.32 Å². The molecule has 0 aromatic heterocycles. The summed E-state index contributed by atoms with van der Waals surface area (Å²) >= 11 is 0. The van der Waals surface area contributed by atoms with Gasteiger partial charge in [0.25, 0.3) is 0 Å². The summed E-state index contributed by atoms with van der Waals surface area (Å²) in [7, 11) is 0. The topological polar surface area (TPSA) is 47.6 Å². The van der Waals surface area contributed by atoms with Gasteiger partial charge < -0.3 is 9.47 Å². The van der Waals surface area contributed by atoms with Crippen molar-refractivity contribution in [3.05, 3.63) is 0 Å². The zero-order valence-corrected chi connectivity index (χ0v) is 6.79. The Hall–Kier alpha value is -0.610. The Balaban J connectivity index is 2.28. The van der Waals surface area contributed by atoms with Crippen molar-refractivity contribution in [3.63, 3.8) is 0 Å². The van der Waals surface area contributed by atoms with Crippen LogP contribution in [0.4, 0.5) is 0 Å². The Morgan fingerprint density at radius 1 is 1.73 bits per heavy atom. The predicted octanol–water partition coefficient (Wildman–Crippen LogP) is -0.116. The van der Waals surface area contributed by atoms with E-state index in [0.29, 0.717) is 13.3 Å². The Morgan fingerprint density at radius 2 is 2.45 bits per heavy atom. The van der Waals surface area contributed by atoms with Gasteiger partial charge in [-0.2, -0.15) is 0 Å². The number of hydrogen-bond donors (Lipinski definition) is 1. The molecular formula is C7H13NO3. The van der Waals surface area contributed by atoms with Crippen molar-refractivity contribution in [2.45, 2.75) is 26.0 Å². The number of nitrogens with one attached hydrogen (secondary N) is 1. The van der Waals surface area contributed by atoms with Crippen LogP contribution in [0.5, 0.6) is 0 Å². The summed E-state index contributed by atoms with van der Waals surface area (Å²) in [5.41, 5.74) is 0. The molecule has 1 saturated heterocycles. The maximum Gasteiger partial charge on any atom is 0.325 e. The minimum atomic E-state index is -0.266. The van der Waals surface area contributed by atoms with Crippen molar-refractivity contribution in [2.24, 2.45) is 0 Å². The number of carbonyl (C=O) groups is 1. The van der Waals surface area contributed by atoms with Gasteiger partial charge in [-0.1, -0.05) is 0 Å². The molecule has 1 heterocycles. The molecule has 1 fully saturated rings. The molecule has 0 bridgehead atoms. The number of esters is 1. The molecule has 0 aliphatic carbocycles. The lowest BCUT2D eigenvalue weighted by atomic mass is 10.3. The van der Waals surface area contributed by atoms with Crippen LogP contribution in [0.25, 0.3) is 0 Å². The fourth-order valence-electron chi connectivity index (χ4n) is 0.861. The molecule has 4 nitrogen and oxygen atoms in total. The number of rotatable bonds is 2. The van der Waals surface area contributed by atoms with Gasteiger partial charge >= 0.3 is 5.97 Å². The molecule has 1 aliphatic rings. The van der Waals surface area contributed by atoms with Crippen molar-refractivity contribution < 1.29 is 14.3 Å². The van der Waals surface area contributed by atoms with E-state index < -0.39 is 0 Å². The van der Waals surface area contributed by atoms with Gasteiger partial charge in [-0.05, 0) is 13.8 Å². The van der Waals surface area contributed by atoms with Crippen LogP contribution in [0.1, 0.15) is 13.8 Å². The first-order valence-corrected chi connectivity index (χ1v) is 3.72. The maximum atomic E-state index is 11.1. The first-order chi connectivity index (χ1) is 5.20. The number of hydrogen-bond acceptors (Lipinski definition) is 4. The highest BCUT2D eigenvalue weighted by Crippen LogP contribution is 1.99. The lowest BCUT2D eigenvalue weighted by molar-refractivity contribution is -0.149.